The molecule has 2 aromatic rings. The molecule has 0 bridgehead atoms. The van der Waals surface area contributed by atoms with Gasteiger partial charge in [-0.05, 0) is 36.8 Å². The number of para-hydroxylation sites is 1. The van der Waals surface area contributed by atoms with Gasteiger partial charge in [-0.1, -0.05) is 18.2 Å². The third-order valence-electron chi connectivity index (χ3n) is 4.40. The van der Waals surface area contributed by atoms with Gasteiger partial charge in [0.25, 0.3) is 5.91 Å². The molecule has 2 aromatic carbocycles. The van der Waals surface area contributed by atoms with Crippen LogP contribution in [0, 0.1) is 0 Å². The largest absolute Gasteiger partial charge is 0.493 e. The molecule has 1 heterocycles. The van der Waals surface area contributed by atoms with Crippen molar-refractivity contribution < 1.29 is 33.3 Å². The van der Waals surface area contributed by atoms with E-state index in [0.717, 1.165) is 5.56 Å². The van der Waals surface area contributed by atoms with Gasteiger partial charge >= 0.3 is 5.97 Å². The Hall–Kier alpha value is -3.68. The molecule has 0 spiro atoms. The van der Waals surface area contributed by atoms with Gasteiger partial charge in [-0.2, -0.15) is 0 Å². The summed E-state index contributed by atoms with van der Waals surface area (Å²) < 4.78 is 26.3. The zero-order chi connectivity index (χ0) is 21.5. The Bertz CT molecular complexity index is 954. The molecule has 3 rings (SSSR count). The van der Waals surface area contributed by atoms with Crippen LogP contribution < -0.4 is 24.3 Å². The van der Waals surface area contributed by atoms with Gasteiger partial charge in [0.2, 0.25) is 6.79 Å². The number of carbonyl (C=O) groups is 2. The fourth-order valence-electron chi connectivity index (χ4n) is 2.85. The highest BCUT2D eigenvalue weighted by Crippen LogP contribution is 2.32. The van der Waals surface area contributed by atoms with Crippen molar-refractivity contribution in [3.63, 3.8) is 0 Å². The summed E-state index contributed by atoms with van der Waals surface area (Å²) in [6.07, 6.45) is 1.82. The predicted molar refractivity (Wildman–Crippen MR) is 109 cm³/mol. The zero-order valence-corrected chi connectivity index (χ0v) is 17.0. The molecular formula is C22H23NO7. The van der Waals surface area contributed by atoms with E-state index in [1.165, 1.54) is 27.2 Å². The molecule has 0 saturated heterocycles. The summed E-state index contributed by atoms with van der Waals surface area (Å²) in [4.78, 5) is 24.3. The van der Waals surface area contributed by atoms with Crippen molar-refractivity contribution in [1.29, 1.82) is 0 Å². The van der Waals surface area contributed by atoms with Gasteiger partial charge in [0, 0.05) is 18.2 Å². The van der Waals surface area contributed by atoms with Crippen molar-refractivity contribution in [3.05, 3.63) is 53.6 Å². The number of nitrogens with one attached hydrogen (secondary N) is 1. The molecule has 0 aromatic heterocycles. The molecule has 0 fully saturated rings. The number of fused-ring (bicyclic) bond motifs is 1. The number of methoxy groups -OCH3 is 2. The first-order chi connectivity index (χ1) is 14.5. The van der Waals surface area contributed by atoms with Crippen molar-refractivity contribution in [2.75, 3.05) is 21.0 Å². The highest BCUT2D eigenvalue weighted by atomic mass is 16.7. The van der Waals surface area contributed by atoms with Gasteiger partial charge in [0.15, 0.2) is 29.1 Å². The number of benzene rings is 2. The van der Waals surface area contributed by atoms with Crippen LogP contribution in [0.1, 0.15) is 18.1 Å². The maximum Gasteiger partial charge on any atom is 0.331 e. The summed E-state index contributed by atoms with van der Waals surface area (Å²) in [7, 11) is 3.05. The molecule has 30 heavy (non-hydrogen) atoms. The van der Waals surface area contributed by atoms with Crippen LogP contribution in [0.5, 0.6) is 23.0 Å². The molecule has 8 heteroatoms. The first kappa shape index (κ1) is 21.0. The Morgan fingerprint density at radius 3 is 2.70 bits per heavy atom. The third kappa shape index (κ3) is 5.02. The molecule has 0 saturated carbocycles. The van der Waals surface area contributed by atoms with E-state index in [-0.39, 0.29) is 13.3 Å². The second kappa shape index (κ2) is 9.69. The average molecular weight is 413 g/mol. The maximum atomic E-state index is 12.2. The summed E-state index contributed by atoms with van der Waals surface area (Å²) >= 11 is 0. The zero-order valence-electron chi connectivity index (χ0n) is 17.0. The molecule has 1 N–H and O–H groups in total. The average Bonchev–Trinajstić information content (AvgIpc) is 3.23. The Labute approximate surface area is 174 Å². The lowest BCUT2D eigenvalue weighted by Gasteiger charge is -2.13. The summed E-state index contributed by atoms with van der Waals surface area (Å²) in [6.45, 7) is 1.97. The van der Waals surface area contributed by atoms with E-state index in [1.807, 2.05) is 6.07 Å². The Kier molecular flexibility index (Phi) is 6.79. The minimum absolute atomic E-state index is 0.188. The smallest absolute Gasteiger partial charge is 0.331 e. The van der Waals surface area contributed by atoms with Gasteiger partial charge in [0.05, 0.1) is 14.2 Å². The van der Waals surface area contributed by atoms with Crippen LogP contribution in [0.2, 0.25) is 0 Å². The summed E-state index contributed by atoms with van der Waals surface area (Å²) in [5, 5.41) is 2.73. The summed E-state index contributed by atoms with van der Waals surface area (Å²) in [5.74, 6) is 1.30. The SMILES string of the molecule is COc1cccc(/C=C/C(=O)O[C@H](C)C(=O)NCc2ccc3c(c2)OCO3)c1OC. The Balaban J connectivity index is 1.52. The molecule has 1 aliphatic rings. The van der Waals surface area contributed by atoms with E-state index < -0.39 is 18.0 Å². The van der Waals surface area contributed by atoms with Crippen molar-refractivity contribution in [2.24, 2.45) is 0 Å². The monoisotopic (exact) mass is 413 g/mol. The topological polar surface area (TPSA) is 92.3 Å². The molecule has 1 amide bonds. The first-order valence-corrected chi connectivity index (χ1v) is 9.27. The van der Waals surface area contributed by atoms with Gasteiger partial charge in [0.1, 0.15) is 0 Å². The first-order valence-electron chi connectivity index (χ1n) is 9.27. The van der Waals surface area contributed by atoms with E-state index in [0.29, 0.717) is 28.6 Å². The van der Waals surface area contributed by atoms with Crippen LogP contribution in [-0.2, 0) is 20.9 Å². The van der Waals surface area contributed by atoms with E-state index in [1.54, 1.807) is 36.4 Å². The molecule has 8 nitrogen and oxygen atoms in total. The van der Waals surface area contributed by atoms with Crippen molar-refractivity contribution in [2.45, 2.75) is 19.6 Å². The minimum atomic E-state index is -0.955. The van der Waals surface area contributed by atoms with E-state index in [4.69, 9.17) is 23.7 Å². The van der Waals surface area contributed by atoms with E-state index in [2.05, 4.69) is 5.32 Å². The van der Waals surface area contributed by atoms with Crippen molar-refractivity contribution in [3.8, 4) is 23.0 Å². The Morgan fingerprint density at radius 2 is 1.93 bits per heavy atom. The molecule has 158 valence electrons. The second-order valence-corrected chi connectivity index (χ2v) is 6.40. The van der Waals surface area contributed by atoms with Gasteiger partial charge in [-0.25, -0.2) is 4.79 Å². The van der Waals surface area contributed by atoms with Gasteiger partial charge in [-0.15, -0.1) is 0 Å². The highest BCUT2D eigenvalue weighted by Gasteiger charge is 2.18. The minimum Gasteiger partial charge on any atom is -0.493 e. The highest BCUT2D eigenvalue weighted by molar-refractivity contribution is 5.90. The quantitative estimate of drug-likeness (QED) is 0.525. The lowest BCUT2D eigenvalue weighted by molar-refractivity contribution is -0.150. The van der Waals surface area contributed by atoms with Crippen LogP contribution in [0.15, 0.2) is 42.5 Å². The van der Waals surface area contributed by atoms with Gasteiger partial charge in [-0.3, -0.25) is 4.79 Å². The molecule has 0 aliphatic carbocycles. The lowest BCUT2D eigenvalue weighted by Crippen LogP contribution is -2.35. The normalized spacial score (nSPS) is 13.0. The van der Waals surface area contributed by atoms with Crippen LogP contribution in [0.25, 0.3) is 6.08 Å². The number of ether oxygens (including phenoxy) is 5. The molecule has 0 radical (unpaired) electrons. The Morgan fingerprint density at radius 1 is 1.13 bits per heavy atom. The fraction of sp³-hybridized carbons (Fsp3) is 0.273. The van der Waals surface area contributed by atoms with E-state index >= 15 is 0 Å². The van der Waals surface area contributed by atoms with Crippen molar-refractivity contribution >= 4 is 18.0 Å². The molecule has 1 aliphatic heterocycles. The maximum absolute atomic E-state index is 12.2. The molecular weight excluding hydrogens is 390 g/mol. The van der Waals surface area contributed by atoms with E-state index in [9.17, 15) is 9.59 Å². The number of carbonyl (C=O) groups excluding carboxylic acids is 2. The van der Waals surface area contributed by atoms with Crippen LogP contribution in [0.4, 0.5) is 0 Å². The number of esters is 1. The lowest BCUT2D eigenvalue weighted by atomic mass is 10.1. The predicted octanol–water partition coefficient (Wildman–Crippen LogP) is 2.69. The number of rotatable bonds is 8. The standard InChI is InChI=1S/C22H23NO7/c1-14(22(25)23-12-15-7-9-17-19(11-15)29-13-28-17)30-20(24)10-8-16-5-4-6-18(26-2)21(16)27-3/h4-11,14H,12-13H2,1-3H3,(H,23,25)/b10-8+/t14-/m1/s1. The fourth-order valence-corrected chi connectivity index (χ4v) is 2.85. The third-order valence-corrected chi connectivity index (χ3v) is 4.40. The molecule has 0 unspecified atom stereocenters. The van der Waals surface area contributed by atoms with Crippen LogP contribution in [-0.4, -0.2) is 39.0 Å². The van der Waals surface area contributed by atoms with Crippen LogP contribution >= 0.6 is 0 Å². The van der Waals surface area contributed by atoms with Gasteiger partial charge < -0.3 is 29.0 Å². The number of amides is 1. The number of hydrogen-bond donors (Lipinski definition) is 1. The number of hydrogen-bond acceptors (Lipinski definition) is 7. The summed E-state index contributed by atoms with van der Waals surface area (Å²) in [5.41, 5.74) is 1.49. The second-order valence-electron chi connectivity index (χ2n) is 6.40. The van der Waals surface area contributed by atoms with Crippen molar-refractivity contribution in [1.82, 2.24) is 5.32 Å². The molecule has 1 atom stereocenters. The summed E-state index contributed by atoms with van der Waals surface area (Å²) in [6, 6.07) is 10.7. The van der Waals surface area contributed by atoms with Crippen LogP contribution in [0.3, 0.4) is 0 Å².